The molecule has 0 aliphatic carbocycles. The predicted molar refractivity (Wildman–Crippen MR) is 80.1 cm³/mol. The zero-order valence-corrected chi connectivity index (χ0v) is 11.5. The largest absolute Gasteiger partial charge is 0.396 e. The Labute approximate surface area is 116 Å². The number of hydrogen-bond donors (Lipinski definition) is 3. The molecule has 18 heavy (non-hydrogen) atoms. The maximum absolute atomic E-state index is 9.61. The minimum Gasteiger partial charge on any atom is -0.396 e. The third kappa shape index (κ3) is 1.83. The number of rotatable bonds is 1. The van der Waals surface area contributed by atoms with Crippen molar-refractivity contribution in [2.24, 2.45) is 0 Å². The van der Waals surface area contributed by atoms with Gasteiger partial charge in [0.1, 0.15) is 4.32 Å². The number of aliphatic hydroxyl groups excluding tert-OH is 1. The first-order chi connectivity index (χ1) is 8.70. The average molecular weight is 278 g/mol. The van der Waals surface area contributed by atoms with Crippen LogP contribution in [0.15, 0.2) is 24.3 Å². The van der Waals surface area contributed by atoms with Crippen LogP contribution in [0.4, 0.5) is 0 Å². The van der Waals surface area contributed by atoms with Gasteiger partial charge in [-0.25, -0.2) is 0 Å². The van der Waals surface area contributed by atoms with Gasteiger partial charge >= 0.3 is 0 Å². The molecule has 2 N–H and O–H groups in total. The first-order valence-electron chi connectivity index (χ1n) is 5.89. The van der Waals surface area contributed by atoms with E-state index in [1.807, 2.05) is 17.0 Å². The summed E-state index contributed by atoms with van der Waals surface area (Å²) in [5.74, 6) is 0.0926. The van der Waals surface area contributed by atoms with Gasteiger partial charge in [0.25, 0.3) is 0 Å². The molecule has 1 aromatic heterocycles. The van der Waals surface area contributed by atoms with Crippen molar-refractivity contribution in [2.45, 2.75) is 12.5 Å². The van der Waals surface area contributed by atoms with E-state index in [4.69, 9.17) is 12.2 Å². The molecule has 0 fully saturated rings. The van der Waals surface area contributed by atoms with Crippen LogP contribution in [0.2, 0.25) is 0 Å². The molecule has 1 aliphatic rings. The van der Waals surface area contributed by atoms with E-state index in [2.05, 4.69) is 29.7 Å². The Balaban J connectivity index is 2.15. The maximum atomic E-state index is 9.61. The SMILES string of the molecule is OCC1CN(C(=S)S)Cc2[nH]c3ccccc3c21. The highest BCUT2D eigenvalue weighted by atomic mass is 32.1. The molecule has 1 aromatic carbocycles. The summed E-state index contributed by atoms with van der Waals surface area (Å²) in [7, 11) is 0. The molecule has 2 aromatic rings. The molecule has 5 heteroatoms. The molecule has 94 valence electrons. The number of thiol groups is 1. The molecule has 1 unspecified atom stereocenters. The number of benzene rings is 1. The van der Waals surface area contributed by atoms with Crippen LogP contribution in [-0.2, 0) is 6.54 Å². The lowest BCUT2D eigenvalue weighted by atomic mass is 9.93. The van der Waals surface area contributed by atoms with E-state index in [0.717, 1.165) is 24.3 Å². The highest BCUT2D eigenvalue weighted by Gasteiger charge is 2.28. The normalized spacial score (nSPS) is 19.0. The van der Waals surface area contributed by atoms with Crippen LogP contribution in [-0.4, -0.2) is 32.5 Å². The summed E-state index contributed by atoms with van der Waals surface area (Å²) in [6, 6.07) is 8.20. The summed E-state index contributed by atoms with van der Waals surface area (Å²) in [6.45, 7) is 1.60. The van der Waals surface area contributed by atoms with Crippen molar-refractivity contribution in [3.8, 4) is 0 Å². The second-order valence-electron chi connectivity index (χ2n) is 4.61. The summed E-state index contributed by atoms with van der Waals surface area (Å²) in [5, 5.41) is 10.8. The van der Waals surface area contributed by atoms with Gasteiger partial charge in [-0.1, -0.05) is 30.4 Å². The first-order valence-corrected chi connectivity index (χ1v) is 6.74. The van der Waals surface area contributed by atoms with Crippen LogP contribution in [0.1, 0.15) is 17.2 Å². The van der Waals surface area contributed by atoms with E-state index in [9.17, 15) is 5.11 Å². The van der Waals surface area contributed by atoms with Gasteiger partial charge in [0.2, 0.25) is 0 Å². The van der Waals surface area contributed by atoms with Crippen molar-refractivity contribution in [3.63, 3.8) is 0 Å². The van der Waals surface area contributed by atoms with Crippen molar-refractivity contribution < 1.29 is 5.11 Å². The van der Waals surface area contributed by atoms with Gasteiger partial charge in [0.15, 0.2) is 0 Å². The second kappa shape index (κ2) is 4.57. The molecule has 2 heterocycles. The van der Waals surface area contributed by atoms with Crippen molar-refractivity contribution in [1.82, 2.24) is 9.88 Å². The molecule has 0 amide bonds. The summed E-state index contributed by atoms with van der Waals surface area (Å²) in [6.07, 6.45) is 0. The fourth-order valence-corrected chi connectivity index (χ4v) is 3.01. The maximum Gasteiger partial charge on any atom is 0.133 e. The van der Waals surface area contributed by atoms with Crippen molar-refractivity contribution in [3.05, 3.63) is 35.5 Å². The fraction of sp³-hybridized carbons (Fsp3) is 0.308. The number of hydrogen-bond acceptors (Lipinski definition) is 2. The van der Waals surface area contributed by atoms with E-state index in [0.29, 0.717) is 4.32 Å². The van der Waals surface area contributed by atoms with Gasteiger partial charge in [-0.15, -0.1) is 12.6 Å². The fourth-order valence-electron chi connectivity index (χ4n) is 2.72. The molecule has 0 bridgehead atoms. The van der Waals surface area contributed by atoms with Crippen LogP contribution >= 0.6 is 24.8 Å². The summed E-state index contributed by atoms with van der Waals surface area (Å²) >= 11 is 9.36. The molecular formula is C13H14N2OS2. The first kappa shape index (κ1) is 12.0. The molecule has 3 rings (SSSR count). The number of H-pyrrole nitrogens is 1. The number of nitrogens with zero attached hydrogens (tertiary/aromatic N) is 1. The Morgan fingerprint density at radius 3 is 3.00 bits per heavy atom. The minimum absolute atomic E-state index is 0.0926. The van der Waals surface area contributed by atoms with E-state index < -0.39 is 0 Å². The lowest BCUT2D eigenvalue weighted by Crippen LogP contribution is -2.36. The Hall–Kier alpha value is -1.04. The molecule has 1 atom stereocenters. The monoisotopic (exact) mass is 278 g/mol. The number of fused-ring (bicyclic) bond motifs is 3. The number of aromatic amines is 1. The Bertz CT molecular complexity index is 608. The molecule has 0 saturated carbocycles. The number of aliphatic hydroxyl groups is 1. The molecule has 0 radical (unpaired) electrons. The van der Waals surface area contributed by atoms with Crippen molar-refractivity contribution >= 4 is 40.1 Å². The summed E-state index contributed by atoms with van der Waals surface area (Å²) < 4.78 is 0.581. The van der Waals surface area contributed by atoms with Crippen LogP contribution in [0.3, 0.4) is 0 Å². The van der Waals surface area contributed by atoms with E-state index in [-0.39, 0.29) is 12.5 Å². The van der Waals surface area contributed by atoms with Gasteiger partial charge in [-0.05, 0) is 11.6 Å². The number of thiocarbonyl (C=S) groups is 1. The lowest BCUT2D eigenvalue weighted by Gasteiger charge is -2.32. The Morgan fingerprint density at radius 2 is 2.28 bits per heavy atom. The second-order valence-corrected chi connectivity index (χ2v) is 5.72. The topological polar surface area (TPSA) is 39.3 Å². The highest BCUT2D eigenvalue weighted by molar-refractivity contribution is 8.10. The Morgan fingerprint density at radius 1 is 1.50 bits per heavy atom. The standard InChI is InChI=1S/C13H14N2OS2/c16-7-8-5-15(13(17)18)6-11-12(8)9-3-1-2-4-10(9)14-11/h1-4,8,14,16H,5-7H2,(H,17,18). The number of aromatic nitrogens is 1. The van der Waals surface area contributed by atoms with Gasteiger partial charge in [0.05, 0.1) is 13.2 Å². The lowest BCUT2D eigenvalue weighted by molar-refractivity contribution is 0.228. The Kier molecular flexibility index (Phi) is 3.05. The quantitative estimate of drug-likeness (QED) is 0.553. The van der Waals surface area contributed by atoms with Crippen LogP contribution in [0.5, 0.6) is 0 Å². The minimum atomic E-state index is 0.0926. The third-order valence-corrected chi connectivity index (χ3v) is 4.06. The zero-order valence-electron chi connectivity index (χ0n) is 9.76. The summed E-state index contributed by atoms with van der Waals surface area (Å²) in [4.78, 5) is 5.43. The number of nitrogens with one attached hydrogen (secondary N) is 1. The van der Waals surface area contributed by atoms with Crippen LogP contribution in [0, 0.1) is 0 Å². The van der Waals surface area contributed by atoms with Gasteiger partial charge in [0, 0.05) is 29.1 Å². The molecule has 3 nitrogen and oxygen atoms in total. The summed E-state index contributed by atoms with van der Waals surface area (Å²) in [5.41, 5.74) is 3.49. The van der Waals surface area contributed by atoms with Gasteiger partial charge in [-0.3, -0.25) is 0 Å². The van der Waals surface area contributed by atoms with E-state index >= 15 is 0 Å². The number of para-hydroxylation sites is 1. The molecular weight excluding hydrogens is 264 g/mol. The van der Waals surface area contributed by atoms with Crippen molar-refractivity contribution in [1.29, 1.82) is 0 Å². The van der Waals surface area contributed by atoms with E-state index in [1.165, 1.54) is 10.9 Å². The van der Waals surface area contributed by atoms with E-state index in [1.54, 1.807) is 0 Å². The van der Waals surface area contributed by atoms with Gasteiger partial charge in [-0.2, -0.15) is 0 Å². The smallest absolute Gasteiger partial charge is 0.133 e. The van der Waals surface area contributed by atoms with Gasteiger partial charge < -0.3 is 15.0 Å². The third-order valence-electron chi connectivity index (χ3n) is 3.52. The molecule has 0 saturated heterocycles. The molecule has 1 aliphatic heterocycles. The average Bonchev–Trinajstić information content (AvgIpc) is 2.75. The zero-order chi connectivity index (χ0) is 12.7. The highest BCUT2D eigenvalue weighted by Crippen LogP contribution is 2.34. The van der Waals surface area contributed by atoms with Crippen molar-refractivity contribution in [2.75, 3.05) is 13.2 Å². The van der Waals surface area contributed by atoms with Crippen LogP contribution in [0.25, 0.3) is 10.9 Å². The predicted octanol–water partition coefficient (Wildman–Crippen LogP) is 2.27. The van der Waals surface area contributed by atoms with Crippen LogP contribution < -0.4 is 0 Å². The molecule has 0 spiro atoms.